The van der Waals surface area contributed by atoms with Crippen molar-refractivity contribution in [2.45, 2.75) is 32.1 Å². The highest BCUT2D eigenvalue weighted by atomic mass is 35.5. The summed E-state index contributed by atoms with van der Waals surface area (Å²) in [6.07, 6.45) is 2.19. The van der Waals surface area contributed by atoms with E-state index in [-0.39, 0.29) is 11.8 Å². The summed E-state index contributed by atoms with van der Waals surface area (Å²) in [5.74, 6) is 0.937. The predicted molar refractivity (Wildman–Crippen MR) is 128 cm³/mol. The topological polar surface area (TPSA) is 85.5 Å². The van der Waals surface area contributed by atoms with Crippen molar-refractivity contribution in [1.29, 1.82) is 0 Å². The average molecular weight is 464 g/mol. The van der Waals surface area contributed by atoms with E-state index < -0.39 is 5.91 Å². The van der Waals surface area contributed by atoms with Crippen molar-refractivity contribution in [1.82, 2.24) is 9.88 Å². The molecule has 2 heterocycles. The van der Waals surface area contributed by atoms with Gasteiger partial charge in [0, 0.05) is 30.8 Å². The second kappa shape index (κ2) is 9.63. The lowest BCUT2D eigenvalue weighted by molar-refractivity contribution is 0.0785. The fourth-order valence-electron chi connectivity index (χ4n) is 4.21. The third-order valence-electron chi connectivity index (χ3n) is 5.92. The number of primary amides is 1. The first-order valence-electron chi connectivity index (χ1n) is 10.9. The Balaban J connectivity index is 1.55. The van der Waals surface area contributed by atoms with Gasteiger partial charge in [-0.2, -0.15) is 0 Å². The number of nitrogens with two attached hydrogens (primary N) is 1. The number of carbonyl (C=O) groups excluding carboxylic acids is 2. The molecule has 0 spiro atoms. The number of aromatic nitrogens is 1. The van der Waals surface area contributed by atoms with Gasteiger partial charge < -0.3 is 15.4 Å². The zero-order valence-corrected chi connectivity index (χ0v) is 19.4. The van der Waals surface area contributed by atoms with Gasteiger partial charge in [0.25, 0.3) is 5.91 Å². The number of rotatable bonds is 6. The van der Waals surface area contributed by atoms with Crippen molar-refractivity contribution in [3.05, 3.63) is 88.2 Å². The molecular formula is C26H26ClN3O3. The molecule has 1 aliphatic rings. The number of ether oxygens (including phenoxy) is 1. The van der Waals surface area contributed by atoms with Crippen molar-refractivity contribution >= 4 is 23.4 Å². The molecule has 6 nitrogen and oxygen atoms in total. The van der Waals surface area contributed by atoms with E-state index in [1.54, 1.807) is 23.1 Å². The maximum Gasteiger partial charge on any atom is 0.272 e. The molecular weight excluding hydrogens is 438 g/mol. The van der Waals surface area contributed by atoms with Crippen LogP contribution in [-0.2, 0) is 0 Å². The molecule has 33 heavy (non-hydrogen) atoms. The summed E-state index contributed by atoms with van der Waals surface area (Å²) in [6, 6.07) is 16.5. The van der Waals surface area contributed by atoms with Crippen molar-refractivity contribution in [2.24, 2.45) is 5.73 Å². The third kappa shape index (κ3) is 5.01. The van der Waals surface area contributed by atoms with Crippen LogP contribution in [0.25, 0.3) is 0 Å². The average Bonchev–Trinajstić information content (AvgIpc) is 3.29. The highest BCUT2D eigenvalue weighted by Gasteiger charge is 2.30. The molecule has 2 N–H and O–H groups in total. The summed E-state index contributed by atoms with van der Waals surface area (Å²) < 4.78 is 6.11. The summed E-state index contributed by atoms with van der Waals surface area (Å²) in [4.78, 5) is 31.0. The Morgan fingerprint density at radius 2 is 1.94 bits per heavy atom. The van der Waals surface area contributed by atoms with Crippen LogP contribution in [-0.4, -0.2) is 34.8 Å². The number of nitrogens with zero attached hydrogens (tertiary/aromatic N) is 2. The minimum Gasteiger partial charge on any atom is -0.457 e. The highest BCUT2D eigenvalue weighted by Crippen LogP contribution is 2.35. The van der Waals surface area contributed by atoms with Gasteiger partial charge in [-0.05, 0) is 53.8 Å². The largest absolute Gasteiger partial charge is 0.457 e. The summed E-state index contributed by atoms with van der Waals surface area (Å²) in [5, 5.41) is 0.482. The quantitative estimate of drug-likeness (QED) is 0.531. The smallest absolute Gasteiger partial charge is 0.272 e. The minimum atomic E-state index is -0.517. The van der Waals surface area contributed by atoms with E-state index in [0.717, 1.165) is 23.3 Å². The molecule has 1 saturated heterocycles. The van der Waals surface area contributed by atoms with Gasteiger partial charge in [-0.1, -0.05) is 49.7 Å². The van der Waals surface area contributed by atoms with Gasteiger partial charge in [0.05, 0.1) is 5.02 Å². The Hall–Kier alpha value is -3.38. The monoisotopic (exact) mass is 463 g/mol. The molecule has 0 aliphatic carbocycles. The molecule has 0 radical (unpaired) electrons. The number of amides is 2. The highest BCUT2D eigenvalue weighted by molar-refractivity contribution is 6.30. The van der Waals surface area contributed by atoms with E-state index >= 15 is 0 Å². The lowest BCUT2D eigenvalue weighted by Gasteiger charge is -2.19. The van der Waals surface area contributed by atoms with Crippen LogP contribution in [0.1, 0.15) is 64.1 Å². The first kappa shape index (κ1) is 22.8. The molecule has 1 fully saturated rings. The van der Waals surface area contributed by atoms with Crippen LogP contribution in [0.5, 0.6) is 11.5 Å². The molecule has 3 aromatic rings. The molecule has 0 saturated carbocycles. The van der Waals surface area contributed by atoms with Crippen LogP contribution in [0.2, 0.25) is 5.02 Å². The molecule has 0 bridgehead atoms. The van der Waals surface area contributed by atoms with Gasteiger partial charge in [-0.15, -0.1) is 0 Å². The first-order valence-corrected chi connectivity index (χ1v) is 11.3. The van der Waals surface area contributed by atoms with Gasteiger partial charge in [0.15, 0.2) is 0 Å². The minimum absolute atomic E-state index is 0.000695. The van der Waals surface area contributed by atoms with Crippen molar-refractivity contribution in [3.63, 3.8) is 0 Å². The van der Waals surface area contributed by atoms with E-state index in [2.05, 4.69) is 18.8 Å². The summed E-state index contributed by atoms with van der Waals surface area (Å²) in [7, 11) is 0. The lowest BCUT2D eigenvalue weighted by Crippen LogP contribution is -2.29. The normalized spacial score (nSPS) is 15.6. The van der Waals surface area contributed by atoms with Gasteiger partial charge in [-0.25, -0.2) is 4.98 Å². The van der Waals surface area contributed by atoms with Crippen molar-refractivity contribution in [3.8, 4) is 11.5 Å². The van der Waals surface area contributed by atoms with E-state index in [1.807, 2.05) is 36.4 Å². The van der Waals surface area contributed by atoms with Gasteiger partial charge in [0.2, 0.25) is 5.91 Å². The number of carbonyl (C=O) groups is 2. The van der Waals surface area contributed by atoms with E-state index in [1.165, 1.54) is 6.20 Å². The molecule has 1 aliphatic heterocycles. The lowest BCUT2D eigenvalue weighted by atomic mass is 9.93. The van der Waals surface area contributed by atoms with Crippen molar-refractivity contribution in [2.75, 3.05) is 13.1 Å². The van der Waals surface area contributed by atoms with E-state index in [4.69, 9.17) is 22.1 Å². The van der Waals surface area contributed by atoms with Crippen LogP contribution in [0, 0.1) is 0 Å². The van der Waals surface area contributed by atoms with Crippen molar-refractivity contribution < 1.29 is 14.3 Å². The number of pyridine rings is 1. The van der Waals surface area contributed by atoms with Gasteiger partial charge in [0.1, 0.15) is 17.2 Å². The Bertz CT molecular complexity index is 1180. The SMILES string of the molecule is CC(C)c1ccccc1Oc1ccc(C2CCN(C(=O)c3ccc(Cl)cn3)C2)c(C(N)=O)c1. The van der Waals surface area contributed by atoms with Crippen LogP contribution in [0.15, 0.2) is 60.8 Å². The zero-order valence-electron chi connectivity index (χ0n) is 18.6. The van der Waals surface area contributed by atoms with Crippen LogP contribution < -0.4 is 10.5 Å². The molecule has 7 heteroatoms. The maximum atomic E-state index is 12.8. The first-order chi connectivity index (χ1) is 15.8. The maximum absolute atomic E-state index is 12.8. The molecule has 170 valence electrons. The number of likely N-dealkylation sites (tertiary alicyclic amines) is 1. The summed E-state index contributed by atoms with van der Waals surface area (Å²) >= 11 is 5.87. The van der Waals surface area contributed by atoms with Crippen LogP contribution in [0.3, 0.4) is 0 Å². The number of hydrogen-bond acceptors (Lipinski definition) is 4. The predicted octanol–water partition coefficient (Wildman–Crippen LogP) is 5.38. The Morgan fingerprint density at radius 1 is 1.15 bits per heavy atom. The fourth-order valence-corrected chi connectivity index (χ4v) is 4.32. The zero-order chi connectivity index (χ0) is 23.5. The third-order valence-corrected chi connectivity index (χ3v) is 6.14. The molecule has 2 amide bonds. The molecule has 1 atom stereocenters. The number of halogens is 1. The number of benzene rings is 2. The Labute approximate surface area is 198 Å². The fraction of sp³-hybridized carbons (Fsp3) is 0.269. The Morgan fingerprint density at radius 3 is 2.64 bits per heavy atom. The second-order valence-electron chi connectivity index (χ2n) is 8.51. The summed E-state index contributed by atoms with van der Waals surface area (Å²) in [5.41, 5.74) is 8.40. The summed E-state index contributed by atoms with van der Waals surface area (Å²) in [6.45, 7) is 5.27. The molecule has 1 unspecified atom stereocenters. The van der Waals surface area contributed by atoms with Gasteiger partial charge >= 0.3 is 0 Å². The van der Waals surface area contributed by atoms with Crippen LogP contribution in [0.4, 0.5) is 0 Å². The van der Waals surface area contributed by atoms with Crippen LogP contribution >= 0.6 is 11.6 Å². The second-order valence-corrected chi connectivity index (χ2v) is 8.94. The molecule has 4 rings (SSSR count). The number of hydrogen-bond donors (Lipinski definition) is 1. The van der Waals surface area contributed by atoms with E-state index in [0.29, 0.717) is 41.0 Å². The molecule has 1 aromatic heterocycles. The van der Waals surface area contributed by atoms with Gasteiger partial charge in [-0.3, -0.25) is 9.59 Å². The standard InChI is InChI=1S/C26H26ClN3O3/c1-16(2)20-5-3-4-6-24(20)33-19-8-9-21(22(13-19)25(28)31)17-11-12-30(15-17)26(32)23-10-7-18(27)14-29-23/h3-10,13-14,16-17H,11-12,15H2,1-2H3,(H2,28,31). The van der Waals surface area contributed by atoms with E-state index in [9.17, 15) is 9.59 Å². The number of para-hydroxylation sites is 1. The Kier molecular flexibility index (Phi) is 6.65. The molecule has 2 aromatic carbocycles.